The molecule has 2 aromatic carbocycles. The molecule has 0 aliphatic carbocycles. The number of benzene rings is 2. The Morgan fingerprint density at radius 2 is 1.95 bits per heavy atom. The minimum Gasteiger partial charge on any atom is -0.369 e. The summed E-state index contributed by atoms with van der Waals surface area (Å²) in [5.74, 6) is -1.02. The van der Waals surface area contributed by atoms with Crippen molar-refractivity contribution in [3.63, 3.8) is 0 Å². The highest BCUT2D eigenvalue weighted by Crippen LogP contribution is 2.29. The van der Waals surface area contributed by atoms with Gasteiger partial charge in [-0.3, -0.25) is 4.57 Å². The van der Waals surface area contributed by atoms with Gasteiger partial charge in [0.2, 0.25) is 5.95 Å². The first kappa shape index (κ1) is 13.1. The van der Waals surface area contributed by atoms with E-state index in [2.05, 4.69) is 20.9 Å². The molecule has 0 saturated heterocycles. The number of aromatic nitrogens is 2. The van der Waals surface area contributed by atoms with Gasteiger partial charge in [0.1, 0.15) is 11.6 Å². The zero-order chi connectivity index (χ0) is 14.4. The molecule has 0 fully saturated rings. The van der Waals surface area contributed by atoms with Crippen LogP contribution in [0, 0.1) is 18.6 Å². The molecule has 0 bridgehead atoms. The van der Waals surface area contributed by atoms with Gasteiger partial charge in [0.25, 0.3) is 0 Å². The molecule has 2 N–H and O–H groups in total. The summed E-state index contributed by atoms with van der Waals surface area (Å²) in [6.07, 6.45) is 0. The van der Waals surface area contributed by atoms with Crippen molar-refractivity contribution in [2.45, 2.75) is 6.92 Å². The number of aryl methyl sites for hydroxylation is 1. The molecule has 0 saturated carbocycles. The number of hydrogen-bond donors (Lipinski definition) is 1. The Labute approximate surface area is 122 Å². The first-order chi connectivity index (χ1) is 9.49. The van der Waals surface area contributed by atoms with Crippen LogP contribution in [0.4, 0.5) is 14.7 Å². The third kappa shape index (κ3) is 1.87. The fraction of sp³-hybridized carbons (Fsp3) is 0.0714. The molecule has 0 aliphatic rings. The molecule has 0 unspecified atom stereocenters. The number of rotatable bonds is 1. The second-order valence-electron chi connectivity index (χ2n) is 4.47. The predicted octanol–water partition coefficient (Wildman–Crippen LogP) is 3.96. The normalized spacial score (nSPS) is 11.2. The molecule has 3 aromatic rings. The van der Waals surface area contributed by atoms with Crippen molar-refractivity contribution >= 4 is 32.9 Å². The average molecular weight is 338 g/mol. The lowest BCUT2D eigenvalue weighted by Crippen LogP contribution is -2.04. The smallest absolute Gasteiger partial charge is 0.206 e. The van der Waals surface area contributed by atoms with Gasteiger partial charge in [-0.2, -0.15) is 0 Å². The van der Waals surface area contributed by atoms with E-state index < -0.39 is 11.6 Å². The van der Waals surface area contributed by atoms with E-state index >= 15 is 0 Å². The number of nitrogens with zero attached hydrogens (tertiary/aromatic N) is 2. The quantitative estimate of drug-likeness (QED) is 0.683. The number of nitrogen functional groups attached to an aromatic ring is 1. The van der Waals surface area contributed by atoms with Crippen LogP contribution in [0.3, 0.4) is 0 Å². The molecule has 3 rings (SSSR count). The SMILES string of the molecule is Cc1cccc2nc(N)n(-c3cc(F)c(Br)cc3F)c12. The molecule has 1 aromatic heterocycles. The van der Waals surface area contributed by atoms with Gasteiger partial charge in [-0.1, -0.05) is 12.1 Å². The third-order valence-corrected chi connectivity index (χ3v) is 3.74. The number of imidazole rings is 1. The molecule has 0 atom stereocenters. The summed E-state index contributed by atoms with van der Waals surface area (Å²) in [5.41, 5.74) is 8.10. The van der Waals surface area contributed by atoms with E-state index in [9.17, 15) is 8.78 Å². The fourth-order valence-electron chi connectivity index (χ4n) is 2.24. The molecule has 0 aliphatic heterocycles. The highest BCUT2D eigenvalue weighted by atomic mass is 79.9. The standard InChI is InChI=1S/C14H10BrF2N3/c1-7-3-2-4-11-13(7)20(14(18)19-11)12-6-9(16)8(15)5-10(12)17/h2-6H,1H3,(H2,18,19). The van der Waals surface area contributed by atoms with E-state index in [1.807, 2.05) is 19.1 Å². The van der Waals surface area contributed by atoms with Crippen LogP contribution in [0.5, 0.6) is 0 Å². The number of nitrogens with two attached hydrogens (primary N) is 1. The molecule has 20 heavy (non-hydrogen) atoms. The molecule has 1 heterocycles. The second kappa shape index (κ2) is 4.56. The Morgan fingerprint density at radius 3 is 2.70 bits per heavy atom. The van der Waals surface area contributed by atoms with Gasteiger partial charge in [-0.15, -0.1) is 0 Å². The maximum Gasteiger partial charge on any atom is 0.206 e. The van der Waals surface area contributed by atoms with Crippen LogP contribution in [-0.2, 0) is 0 Å². The van der Waals surface area contributed by atoms with Crippen LogP contribution in [0.2, 0.25) is 0 Å². The molecule has 3 nitrogen and oxygen atoms in total. The van der Waals surface area contributed by atoms with Gasteiger partial charge in [0.05, 0.1) is 21.2 Å². The van der Waals surface area contributed by atoms with E-state index in [4.69, 9.17) is 5.73 Å². The number of halogens is 3. The molecule has 6 heteroatoms. The van der Waals surface area contributed by atoms with E-state index in [1.54, 1.807) is 6.07 Å². The monoisotopic (exact) mass is 337 g/mol. The minimum absolute atomic E-state index is 0.0417. The summed E-state index contributed by atoms with van der Waals surface area (Å²) < 4.78 is 29.3. The molecule has 0 radical (unpaired) electrons. The minimum atomic E-state index is -0.576. The van der Waals surface area contributed by atoms with Crippen LogP contribution in [0.15, 0.2) is 34.8 Å². The number of fused-ring (bicyclic) bond motifs is 1. The van der Waals surface area contributed by atoms with Gasteiger partial charge in [0, 0.05) is 6.07 Å². The van der Waals surface area contributed by atoms with Crippen molar-refractivity contribution in [1.29, 1.82) is 0 Å². The van der Waals surface area contributed by atoms with Crippen molar-refractivity contribution in [1.82, 2.24) is 9.55 Å². The van der Waals surface area contributed by atoms with Crippen molar-refractivity contribution in [2.75, 3.05) is 5.73 Å². The Kier molecular flexibility index (Phi) is 2.97. The van der Waals surface area contributed by atoms with E-state index in [1.165, 1.54) is 4.57 Å². The van der Waals surface area contributed by atoms with Crippen LogP contribution in [0.1, 0.15) is 5.56 Å². The van der Waals surface area contributed by atoms with Crippen LogP contribution in [-0.4, -0.2) is 9.55 Å². The summed E-state index contributed by atoms with van der Waals surface area (Å²) in [6, 6.07) is 7.67. The van der Waals surface area contributed by atoms with E-state index in [0.29, 0.717) is 11.0 Å². The van der Waals surface area contributed by atoms with Gasteiger partial charge in [0.15, 0.2) is 0 Å². The Morgan fingerprint density at radius 1 is 1.20 bits per heavy atom. The molecular formula is C14H10BrF2N3. The molecule has 0 amide bonds. The maximum absolute atomic E-state index is 14.1. The molecule has 0 spiro atoms. The first-order valence-electron chi connectivity index (χ1n) is 5.87. The van der Waals surface area contributed by atoms with Gasteiger partial charge >= 0.3 is 0 Å². The lowest BCUT2D eigenvalue weighted by Gasteiger charge is -2.10. The summed E-state index contributed by atoms with van der Waals surface area (Å²) >= 11 is 2.96. The predicted molar refractivity (Wildman–Crippen MR) is 77.8 cm³/mol. The highest BCUT2D eigenvalue weighted by molar-refractivity contribution is 9.10. The van der Waals surface area contributed by atoms with Crippen LogP contribution in [0.25, 0.3) is 16.7 Å². The summed E-state index contributed by atoms with van der Waals surface area (Å²) in [6.45, 7) is 1.87. The van der Waals surface area contributed by atoms with Gasteiger partial charge in [-0.05, 0) is 40.5 Å². The van der Waals surface area contributed by atoms with Crippen molar-refractivity contribution < 1.29 is 8.78 Å². The Hall–Kier alpha value is -1.95. The summed E-state index contributed by atoms with van der Waals surface area (Å²) in [5, 5.41) is 0. The summed E-state index contributed by atoms with van der Waals surface area (Å²) in [7, 11) is 0. The second-order valence-corrected chi connectivity index (χ2v) is 5.32. The fourth-order valence-corrected chi connectivity index (χ4v) is 2.56. The Balaban J connectivity index is 2.41. The first-order valence-corrected chi connectivity index (χ1v) is 6.67. The Bertz CT molecular complexity index is 827. The zero-order valence-corrected chi connectivity index (χ0v) is 12.1. The average Bonchev–Trinajstić information content (AvgIpc) is 2.71. The summed E-state index contributed by atoms with van der Waals surface area (Å²) in [4.78, 5) is 4.18. The lowest BCUT2D eigenvalue weighted by molar-refractivity contribution is 0.588. The third-order valence-electron chi connectivity index (χ3n) is 3.13. The number of hydrogen-bond acceptors (Lipinski definition) is 2. The van der Waals surface area contributed by atoms with Crippen molar-refractivity contribution in [3.05, 3.63) is 52.0 Å². The largest absolute Gasteiger partial charge is 0.369 e. The van der Waals surface area contributed by atoms with Crippen molar-refractivity contribution in [3.8, 4) is 5.69 Å². The van der Waals surface area contributed by atoms with Crippen LogP contribution >= 0.6 is 15.9 Å². The molecule has 102 valence electrons. The topological polar surface area (TPSA) is 43.8 Å². The zero-order valence-electron chi connectivity index (χ0n) is 10.5. The maximum atomic E-state index is 14.1. The number of para-hydroxylation sites is 1. The highest BCUT2D eigenvalue weighted by Gasteiger charge is 2.17. The van der Waals surface area contributed by atoms with E-state index in [-0.39, 0.29) is 16.1 Å². The number of anilines is 1. The lowest BCUT2D eigenvalue weighted by atomic mass is 10.2. The molecular weight excluding hydrogens is 328 g/mol. The van der Waals surface area contributed by atoms with Gasteiger partial charge in [-0.25, -0.2) is 13.8 Å². The van der Waals surface area contributed by atoms with E-state index in [0.717, 1.165) is 17.7 Å². The van der Waals surface area contributed by atoms with Crippen molar-refractivity contribution in [2.24, 2.45) is 0 Å². The van der Waals surface area contributed by atoms with Gasteiger partial charge < -0.3 is 5.73 Å². The van der Waals surface area contributed by atoms with Crippen LogP contribution < -0.4 is 5.73 Å².